The second kappa shape index (κ2) is 10.4. The molecule has 0 spiro atoms. The summed E-state index contributed by atoms with van der Waals surface area (Å²) in [6.07, 6.45) is 2.95. The molecule has 0 unspecified atom stereocenters. The number of halogens is 2. The van der Waals surface area contributed by atoms with Crippen LogP contribution in [-0.2, 0) is 21.2 Å². The van der Waals surface area contributed by atoms with E-state index in [4.69, 9.17) is 4.52 Å². The SMILES string of the molecule is CC(=O)CS(=O)(=O)C1CCN(c2nc(-c3cc(-c4ccon4)n(Cc4ccccc4F)n3)ncc2F)CC1. The number of carbonyl (C=O) groups is 1. The monoisotopic (exact) mass is 542 g/mol. The molecule has 1 fully saturated rings. The van der Waals surface area contributed by atoms with Gasteiger partial charge in [0.05, 0.1) is 23.7 Å². The van der Waals surface area contributed by atoms with E-state index < -0.39 is 32.4 Å². The van der Waals surface area contributed by atoms with E-state index in [0.717, 1.165) is 6.20 Å². The second-order valence-electron chi connectivity index (χ2n) is 9.11. The number of nitrogens with zero attached hydrogens (tertiary/aromatic N) is 6. The lowest BCUT2D eigenvalue weighted by atomic mass is 10.1. The van der Waals surface area contributed by atoms with E-state index in [-0.39, 0.29) is 49.9 Å². The molecule has 0 N–H and O–H groups in total. The Bertz CT molecular complexity index is 1560. The van der Waals surface area contributed by atoms with Crippen LogP contribution in [0.3, 0.4) is 0 Å². The van der Waals surface area contributed by atoms with Crippen LogP contribution in [0, 0.1) is 11.6 Å². The van der Waals surface area contributed by atoms with Crippen molar-refractivity contribution in [2.75, 3.05) is 23.7 Å². The number of hydrogen-bond donors (Lipinski definition) is 0. The second-order valence-corrected chi connectivity index (χ2v) is 11.4. The molecule has 1 aliphatic rings. The van der Waals surface area contributed by atoms with E-state index >= 15 is 0 Å². The summed E-state index contributed by atoms with van der Waals surface area (Å²) < 4.78 is 60.5. The molecule has 1 saturated heterocycles. The summed E-state index contributed by atoms with van der Waals surface area (Å²) in [6.45, 7) is 1.85. The third-order valence-electron chi connectivity index (χ3n) is 6.37. The summed E-state index contributed by atoms with van der Waals surface area (Å²) in [5.41, 5.74) is 1.73. The lowest BCUT2D eigenvalue weighted by Crippen LogP contribution is -2.41. The number of ketones is 1. The minimum Gasteiger partial charge on any atom is -0.364 e. The van der Waals surface area contributed by atoms with Gasteiger partial charge in [0.1, 0.15) is 35.0 Å². The van der Waals surface area contributed by atoms with Crippen molar-refractivity contribution in [1.29, 1.82) is 0 Å². The average molecular weight is 543 g/mol. The quantitative estimate of drug-likeness (QED) is 0.330. The van der Waals surface area contributed by atoms with Gasteiger partial charge < -0.3 is 9.42 Å². The number of piperidine rings is 1. The number of aromatic nitrogens is 5. The smallest absolute Gasteiger partial charge is 0.183 e. The van der Waals surface area contributed by atoms with Crippen molar-refractivity contribution in [1.82, 2.24) is 24.9 Å². The molecule has 1 aromatic carbocycles. The summed E-state index contributed by atoms with van der Waals surface area (Å²) in [4.78, 5) is 21.5. The molecule has 0 atom stereocenters. The van der Waals surface area contributed by atoms with Crippen LogP contribution >= 0.6 is 0 Å². The van der Waals surface area contributed by atoms with Crippen LogP contribution < -0.4 is 4.90 Å². The molecule has 0 radical (unpaired) electrons. The van der Waals surface area contributed by atoms with Crippen LogP contribution in [0.4, 0.5) is 14.6 Å². The first-order chi connectivity index (χ1) is 18.2. The average Bonchev–Trinajstić information content (AvgIpc) is 3.55. The van der Waals surface area contributed by atoms with Crippen LogP contribution in [0.5, 0.6) is 0 Å². The zero-order valence-corrected chi connectivity index (χ0v) is 21.2. The third-order valence-corrected chi connectivity index (χ3v) is 8.66. The van der Waals surface area contributed by atoms with Crippen molar-refractivity contribution in [2.45, 2.75) is 31.6 Å². The molecule has 198 valence electrons. The topological polar surface area (TPSA) is 124 Å². The van der Waals surface area contributed by atoms with E-state index in [9.17, 15) is 22.0 Å². The fourth-order valence-corrected chi connectivity index (χ4v) is 6.25. The highest BCUT2D eigenvalue weighted by molar-refractivity contribution is 7.92. The molecule has 4 heterocycles. The van der Waals surface area contributed by atoms with Gasteiger partial charge in [-0.3, -0.25) is 9.48 Å². The number of benzene rings is 1. The number of rotatable bonds is 8. The predicted octanol–water partition coefficient (Wildman–Crippen LogP) is 3.29. The van der Waals surface area contributed by atoms with Gasteiger partial charge in [-0.2, -0.15) is 5.10 Å². The largest absolute Gasteiger partial charge is 0.364 e. The molecule has 3 aromatic heterocycles. The maximum Gasteiger partial charge on any atom is 0.183 e. The first-order valence-corrected chi connectivity index (χ1v) is 13.6. The number of Topliss-reactive ketones (excluding diaryl/α,β-unsaturated/α-hetero) is 1. The fourth-order valence-electron chi connectivity index (χ4n) is 4.52. The summed E-state index contributed by atoms with van der Waals surface area (Å²) >= 11 is 0. The predicted molar refractivity (Wildman–Crippen MR) is 134 cm³/mol. The van der Waals surface area contributed by atoms with Crippen LogP contribution in [0.25, 0.3) is 22.9 Å². The molecule has 38 heavy (non-hydrogen) atoms. The maximum absolute atomic E-state index is 14.8. The Morgan fingerprint density at radius 2 is 1.87 bits per heavy atom. The van der Waals surface area contributed by atoms with Crippen molar-refractivity contribution in [3.63, 3.8) is 0 Å². The zero-order valence-electron chi connectivity index (χ0n) is 20.4. The maximum atomic E-state index is 14.8. The first kappa shape index (κ1) is 25.6. The van der Waals surface area contributed by atoms with Gasteiger partial charge in [-0.05, 0) is 31.9 Å². The molecular weight excluding hydrogens is 518 g/mol. The fraction of sp³-hybridized carbons (Fsp3) is 0.320. The summed E-state index contributed by atoms with van der Waals surface area (Å²) in [5.74, 6) is -1.76. The van der Waals surface area contributed by atoms with E-state index in [2.05, 4.69) is 20.2 Å². The van der Waals surface area contributed by atoms with Crippen molar-refractivity contribution < 1.29 is 26.5 Å². The Morgan fingerprint density at radius 3 is 2.55 bits per heavy atom. The van der Waals surface area contributed by atoms with Gasteiger partial charge in [-0.15, -0.1) is 0 Å². The van der Waals surface area contributed by atoms with Crippen molar-refractivity contribution >= 4 is 21.4 Å². The van der Waals surface area contributed by atoms with Crippen LogP contribution in [-0.4, -0.2) is 63.2 Å². The Labute approximate surface area is 217 Å². The summed E-state index contributed by atoms with van der Waals surface area (Å²) in [6, 6.07) is 9.63. The van der Waals surface area contributed by atoms with Crippen LogP contribution in [0.15, 0.2) is 53.4 Å². The normalized spacial score (nSPS) is 14.7. The van der Waals surface area contributed by atoms with Gasteiger partial charge in [-0.1, -0.05) is 23.4 Å². The van der Waals surface area contributed by atoms with Crippen molar-refractivity contribution in [3.05, 3.63) is 66.1 Å². The lowest BCUT2D eigenvalue weighted by Gasteiger charge is -2.32. The Kier molecular flexibility index (Phi) is 7.02. The molecule has 10 nitrogen and oxygen atoms in total. The molecule has 5 rings (SSSR count). The molecule has 1 aliphatic heterocycles. The summed E-state index contributed by atoms with van der Waals surface area (Å²) in [7, 11) is -3.56. The molecule has 0 amide bonds. The zero-order chi connectivity index (χ0) is 26.9. The van der Waals surface area contributed by atoms with Gasteiger partial charge in [0.15, 0.2) is 27.3 Å². The highest BCUT2D eigenvalue weighted by Gasteiger charge is 2.32. The number of sulfone groups is 1. The van der Waals surface area contributed by atoms with E-state index in [1.54, 1.807) is 39.9 Å². The van der Waals surface area contributed by atoms with Crippen LogP contribution in [0.1, 0.15) is 25.3 Å². The van der Waals surface area contributed by atoms with Gasteiger partial charge in [0.25, 0.3) is 0 Å². The Balaban J connectivity index is 1.43. The van der Waals surface area contributed by atoms with Crippen molar-refractivity contribution in [2.24, 2.45) is 0 Å². The minimum atomic E-state index is -3.56. The van der Waals surface area contributed by atoms with Gasteiger partial charge in [0.2, 0.25) is 0 Å². The molecule has 0 saturated carbocycles. The summed E-state index contributed by atoms with van der Waals surface area (Å²) in [5, 5.41) is 7.85. The Hall–Kier alpha value is -4.00. The van der Waals surface area contributed by atoms with E-state index in [1.807, 2.05) is 0 Å². The molecule has 13 heteroatoms. The molecular formula is C25H24F2N6O4S. The van der Waals surface area contributed by atoms with Crippen LogP contribution in [0.2, 0.25) is 0 Å². The number of hydrogen-bond acceptors (Lipinski definition) is 9. The standard InChI is InChI=1S/C25H24F2N6O4S/c1-16(34)15-38(35,36)18-6-9-32(10-7-18)25-20(27)13-28-24(29-25)22-12-23(21-8-11-37-31-21)33(30-22)14-17-4-2-3-5-19(17)26/h2-5,8,11-13,18H,6-7,9-10,14-15H2,1H3. The first-order valence-electron chi connectivity index (χ1n) is 11.9. The van der Waals surface area contributed by atoms with E-state index in [1.165, 1.54) is 19.3 Å². The van der Waals surface area contributed by atoms with E-state index in [0.29, 0.717) is 22.6 Å². The highest BCUT2D eigenvalue weighted by Crippen LogP contribution is 2.29. The molecule has 4 aromatic rings. The van der Waals surface area contributed by atoms with Gasteiger partial charge in [-0.25, -0.2) is 27.2 Å². The van der Waals surface area contributed by atoms with Gasteiger partial charge >= 0.3 is 0 Å². The number of anilines is 1. The molecule has 0 aliphatic carbocycles. The van der Waals surface area contributed by atoms with Crippen molar-refractivity contribution in [3.8, 4) is 22.9 Å². The van der Waals surface area contributed by atoms with Gasteiger partial charge in [0, 0.05) is 24.7 Å². The number of carbonyl (C=O) groups excluding carboxylic acids is 1. The third kappa shape index (κ3) is 5.32. The lowest BCUT2D eigenvalue weighted by molar-refractivity contribution is -0.114. The minimum absolute atomic E-state index is 0.0315. The highest BCUT2D eigenvalue weighted by atomic mass is 32.2. The Morgan fingerprint density at radius 1 is 1.11 bits per heavy atom. The molecule has 0 bridgehead atoms.